The van der Waals surface area contributed by atoms with Crippen LogP contribution < -0.4 is 0 Å². The molecular weight excluding hydrogens is 236 g/mol. The van der Waals surface area contributed by atoms with Gasteiger partial charge in [-0.15, -0.1) is 0 Å². The molecule has 0 aliphatic carbocycles. The maximum absolute atomic E-state index is 9.07. The Morgan fingerprint density at radius 1 is 1.37 bits per heavy atom. The largest absolute Gasteiger partial charge is 0.360 e. The predicted molar refractivity (Wildman–Crippen MR) is 74.5 cm³/mol. The molecule has 1 unspecified atom stereocenters. The Morgan fingerprint density at radius 3 is 3.00 bits per heavy atom. The zero-order chi connectivity index (χ0) is 13.2. The molecule has 3 rings (SSSR count). The summed E-state index contributed by atoms with van der Waals surface area (Å²) < 4.78 is 0. The highest BCUT2D eigenvalue weighted by Crippen LogP contribution is 2.28. The van der Waals surface area contributed by atoms with Crippen LogP contribution in [-0.2, 0) is 0 Å². The molecule has 94 valence electrons. The van der Waals surface area contributed by atoms with Gasteiger partial charge in [-0.05, 0) is 12.5 Å². The average Bonchev–Trinajstić information content (AvgIpc) is 3.06. The molecule has 1 atom stereocenters. The number of para-hydroxylation sites is 1. The zero-order valence-electron chi connectivity index (χ0n) is 10.6. The molecule has 19 heavy (non-hydrogen) atoms. The van der Waals surface area contributed by atoms with Gasteiger partial charge in [0.1, 0.15) is 11.7 Å². The molecule has 4 heteroatoms. The number of nitriles is 1. The summed E-state index contributed by atoms with van der Waals surface area (Å²) in [6.07, 6.45) is 4.53. The highest BCUT2D eigenvalue weighted by molar-refractivity contribution is 5.94. The first-order valence-electron chi connectivity index (χ1n) is 6.34. The SMILES string of the molecule is CCC(C#N)c1ncc(-c2c[nH]c3ccccc23)[nH]1. The van der Waals surface area contributed by atoms with Gasteiger partial charge in [-0.3, -0.25) is 0 Å². The zero-order valence-corrected chi connectivity index (χ0v) is 10.6. The van der Waals surface area contributed by atoms with Gasteiger partial charge in [0.05, 0.1) is 18.0 Å². The summed E-state index contributed by atoms with van der Waals surface area (Å²) in [5, 5.41) is 10.2. The summed E-state index contributed by atoms with van der Waals surface area (Å²) in [5.41, 5.74) is 3.13. The molecule has 2 aromatic heterocycles. The topological polar surface area (TPSA) is 68.3 Å². The van der Waals surface area contributed by atoms with Crippen molar-refractivity contribution in [1.29, 1.82) is 5.26 Å². The van der Waals surface area contributed by atoms with Gasteiger partial charge in [-0.2, -0.15) is 5.26 Å². The van der Waals surface area contributed by atoms with E-state index in [9.17, 15) is 0 Å². The second kappa shape index (κ2) is 4.62. The Hall–Kier alpha value is -2.54. The standard InChI is InChI=1S/C15H14N4/c1-2-10(7-16)15-18-9-14(19-15)12-8-17-13-6-4-3-5-11(12)13/h3-6,8-10,17H,2H2,1H3,(H,18,19). The van der Waals surface area contributed by atoms with Crippen molar-refractivity contribution in [2.24, 2.45) is 0 Å². The Labute approximate surface area is 111 Å². The molecule has 0 radical (unpaired) electrons. The summed E-state index contributed by atoms with van der Waals surface area (Å²) in [5.74, 6) is 0.573. The van der Waals surface area contributed by atoms with E-state index >= 15 is 0 Å². The molecule has 4 nitrogen and oxygen atoms in total. The lowest BCUT2D eigenvalue weighted by Crippen LogP contribution is -1.95. The van der Waals surface area contributed by atoms with Crippen LogP contribution in [0, 0.1) is 11.3 Å². The van der Waals surface area contributed by atoms with Crippen LogP contribution in [0.1, 0.15) is 25.1 Å². The highest BCUT2D eigenvalue weighted by atomic mass is 14.9. The molecule has 0 fully saturated rings. The van der Waals surface area contributed by atoms with E-state index < -0.39 is 0 Å². The molecule has 0 aliphatic heterocycles. The van der Waals surface area contributed by atoms with Gasteiger partial charge in [0.2, 0.25) is 0 Å². The molecule has 0 bridgehead atoms. The van der Waals surface area contributed by atoms with Gasteiger partial charge < -0.3 is 9.97 Å². The normalized spacial score (nSPS) is 12.4. The molecule has 1 aromatic carbocycles. The first kappa shape index (κ1) is 11.5. The number of H-pyrrole nitrogens is 2. The maximum Gasteiger partial charge on any atom is 0.123 e. The number of hydrogen-bond donors (Lipinski definition) is 2. The molecular formula is C15H14N4. The molecule has 3 aromatic rings. The van der Waals surface area contributed by atoms with Crippen molar-refractivity contribution in [2.45, 2.75) is 19.3 Å². The van der Waals surface area contributed by atoms with E-state index in [-0.39, 0.29) is 5.92 Å². The van der Waals surface area contributed by atoms with Gasteiger partial charge in [0.25, 0.3) is 0 Å². The molecule has 0 spiro atoms. The van der Waals surface area contributed by atoms with E-state index in [0.29, 0.717) is 0 Å². The van der Waals surface area contributed by atoms with Crippen molar-refractivity contribution in [3.63, 3.8) is 0 Å². The number of benzene rings is 1. The number of nitrogens with zero attached hydrogens (tertiary/aromatic N) is 2. The lowest BCUT2D eigenvalue weighted by molar-refractivity contribution is 0.766. The van der Waals surface area contributed by atoms with Crippen molar-refractivity contribution in [3.05, 3.63) is 42.5 Å². The number of rotatable bonds is 3. The molecule has 2 heterocycles. The Morgan fingerprint density at radius 2 is 2.21 bits per heavy atom. The van der Waals surface area contributed by atoms with E-state index in [4.69, 9.17) is 5.26 Å². The molecule has 0 aliphatic rings. The number of fused-ring (bicyclic) bond motifs is 1. The molecule has 0 saturated heterocycles. The van der Waals surface area contributed by atoms with E-state index in [2.05, 4.69) is 27.1 Å². The summed E-state index contributed by atoms with van der Waals surface area (Å²) in [4.78, 5) is 10.8. The third-order valence-corrected chi connectivity index (χ3v) is 3.37. The van der Waals surface area contributed by atoms with Crippen molar-refractivity contribution in [1.82, 2.24) is 15.0 Å². The third kappa shape index (κ3) is 1.89. The third-order valence-electron chi connectivity index (χ3n) is 3.37. The lowest BCUT2D eigenvalue weighted by Gasteiger charge is -2.00. The van der Waals surface area contributed by atoms with Crippen LogP contribution in [0.3, 0.4) is 0 Å². The first-order chi connectivity index (χ1) is 9.33. The average molecular weight is 250 g/mol. The molecule has 0 amide bonds. The minimum Gasteiger partial charge on any atom is -0.360 e. The second-order valence-electron chi connectivity index (χ2n) is 4.52. The minimum absolute atomic E-state index is 0.168. The summed E-state index contributed by atoms with van der Waals surface area (Å²) in [6.45, 7) is 1.99. The summed E-state index contributed by atoms with van der Waals surface area (Å²) in [7, 11) is 0. The van der Waals surface area contributed by atoms with E-state index in [1.807, 2.05) is 31.3 Å². The Kier molecular flexibility index (Phi) is 2.81. The minimum atomic E-state index is -0.168. The van der Waals surface area contributed by atoms with Crippen LogP contribution in [0.4, 0.5) is 0 Å². The van der Waals surface area contributed by atoms with Crippen molar-refractivity contribution in [3.8, 4) is 17.3 Å². The fourth-order valence-electron chi connectivity index (χ4n) is 2.29. The van der Waals surface area contributed by atoms with Gasteiger partial charge in [0, 0.05) is 22.7 Å². The predicted octanol–water partition coefficient (Wildman–Crippen LogP) is 3.58. The maximum atomic E-state index is 9.07. The van der Waals surface area contributed by atoms with Gasteiger partial charge >= 0.3 is 0 Å². The van der Waals surface area contributed by atoms with Crippen LogP contribution in [-0.4, -0.2) is 15.0 Å². The summed E-state index contributed by atoms with van der Waals surface area (Å²) >= 11 is 0. The smallest absolute Gasteiger partial charge is 0.123 e. The summed E-state index contributed by atoms with van der Waals surface area (Å²) in [6, 6.07) is 10.4. The van der Waals surface area contributed by atoms with Crippen LogP contribution >= 0.6 is 0 Å². The van der Waals surface area contributed by atoms with Crippen LogP contribution in [0.25, 0.3) is 22.2 Å². The Bertz CT molecular complexity index is 745. The molecule has 0 saturated carbocycles. The van der Waals surface area contributed by atoms with Crippen LogP contribution in [0.5, 0.6) is 0 Å². The van der Waals surface area contributed by atoms with E-state index in [0.717, 1.165) is 34.4 Å². The number of nitrogens with one attached hydrogen (secondary N) is 2. The van der Waals surface area contributed by atoms with Gasteiger partial charge in [-0.1, -0.05) is 25.1 Å². The fraction of sp³-hybridized carbons (Fsp3) is 0.200. The second-order valence-corrected chi connectivity index (χ2v) is 4.52. The van der Waals surface area contributed by atoms with Crippen molar-refractivity contribution < 1.29 is 0 Å². The fourth-order valence-corrected chi connectivity index (χ4v) is 2.29. The van der Waals surface area contributed by atoms with E-state index in [1.165, 1.54) is 0 Å². The molecule has 2 N–H and O–H groups in total. The Balaban J connectivity index is 2.06. The van der Waals surface area contributed by atoms with Crippen molar-refractivity contribution in [2.75, 3.05) is 0 Å². The van der Waals surface area contributed by atoms with Crippen LogP contribution in [0.2, 0.25) is 0 Å². The number of aromatic nitrogens is 3. The van der Waals surface area contributed by atoms with Gasteiger partial charge in [-0.25, -0.2) is 4.98 Å². The number of hydrogen-bond acceptors (Lipinski definition) is 2. The number of imidazole rings is 1. The number of aromatic amines is 2. The first-order valence-corrected chi connectivity index (χ1v) is 6.34. The van der Waals surface area contributed by atoms with Crippen molar-refractivity contribution >= 4 is 10.9 Å². The van der Waals surface area contributed by atoms with Crippen LogP contribution in [0.15, 0.2) is 36.7 Å². The highest BCUT2D eigenvalue weighted by Gasteiger charge is 2.14. The lowest BCUT2D eigenvalue weighted by atomic mass is 10.1. The quantitative estimate of drug-likeness (QED) is 0.746. The van der Waals surface area contributed by atoms with Gasteiger partial charge in [0.15, 0.2) is 0 Å². The monoisotopic (exact) mass is 250 g/mol. The van der Waals surface area contributed by atoms with E-state index in [1.54, 1.807) is 6.20 Å².